The minimum atomic E-state index is 0.469. The average Bonchev–Trinajstić information content (AvgIpc) is 2.78. The van der Waals surface area contributed by atoms with Crippen molar-refractivity contribution in [2.75, 3.05) is 11.9 Å². The summed E-state index contributed by atoms with van der Waals surface area (Å²) in [6.07, 6.45) is 11.5. The predicted octanol–water partition coefficient (Wildman–Crippen LogP) is 4.54. The van der Waals surface area contributed by atoms with Crippen LogP contribution in [-0.4, -0.2) is 18.0 Å². The third-order valence-corrected chi connectivity index (χ3v) is 5.77. The number of hydrogen-bond donors (Lipinski definition) is 0. The monoisotopic (exact) mass is 288 g/mol. The van der Waals surface area contributed by atoms with E-state index in [1.165, 1.54) is 51.4 Å². The van der Waals surface area contributed by atoms with Gasteiger partial charge in [0, 0.05) is 10.7 Å². The van der Waals surface area contributed by atoms with Crippen LogP contribution in [0.15, 0.2) is 0 Å². The molecular weight excluding hydrogens is 264 g/mol. The smallest absolute Gasteiger partial charge is 0.0600 e. The van der Waals surface area contributed by atoms with Crippen LogP contribution in [-0.2, 0) is 4.74 Å². The molecule has 0 aromatic rings. The molecule has 94 valence electrons. The maximum absolute atomic E-state index is 6.24. The molecule has 1 nitrogen and oxygen atoms in total. The fourth-order valence-corrected chi connectivity index (χ4v) is 3.98. The molecule has 2 atom stereocenters. The lowest BCUT2D eigenvalue weighted by Crippen LogP contribution is -2.32. The molecule has 2 aliphatic carbocycles. The summed E-state index contributed by atoms with van der Waals surface area (Å²) in [5.74, 6) is 0.780. The summed E-state index contributed by atoms with van der Waals surface area (Å²) in [7, 11) is 0. The van der Waals surface area contributed by atoms with Crippen LogP contribution >= 0.6 is 15.9 Å². The molecule has 2 fully saturated rings. The van der Waals surface area contributed by atoms with Gasteiger partial charge in [0.05, 0.1) is 12.7 Å². The lowest BCUT2D eigenvalue weighted by molar-refractivity contribution is -0.0415. The van der Waals surface area contributed by atoms with Crippen LogP contribution in [0.4, 0.5) is 0 Å². The van der Waals surface area contributed by atoms with E-state index in [1.807, 2.05) is 0 Å². The van der Waals surface area contributed by atoms with Gasteiger partial charge in [-0.15, -0.1) is 0 Å². The molecule has 0 saturated heterocycles. The van der Waals surface area contributed by atoms with Crippen LogP contribution in [0.1, 0.15) is 58.3 Å². The van der Waals surface area contributed by atoms with Crippen molar-refractivity contribution in [2.24, 2.45) is 11.3 Å². The highest BCUT2D eigenvalue weighted by atomic mass is 79.9. The Balaban J connectivity index is 1.80. The van der Waals surface area contributed by atoms with Crippen molar-refractivity contribution in [2.45, 2.75) is 64.4 Å². The molecule has 16 heavy (non-hydrogen) atoms. The summed E-state index contributed by atoms with van der Waals surface area (Å²) in [6.45, 7) is 3.35. The minimum Gasteiger partial charge on any atom is -0.377 e. The van der Waals surface area contributed by atoms with Gasteiger partial charge in [0.15, 0.2) is 0 Å². The van der Waals surface area contributed by atoms with Gasteiger partial charge in [0.1, 0.15) is 0 Å². The van der Waals surface area contributed by atoms with Crippen molar-refractivity contribution in [3.05, 3.63) is 0 Å². The number of rotatable bonds is 4. The van der Waals surface area contributed by atoms with Crippen LogP contribution in [0.25, 0.3) is 0 Å². The van der Waals surface area contributed by atoms with E-state index >= 15 is 0 Å². The van der Waals surface area contributed by atoms with Crippen molar-refractivity contribution < 1.29 is 4.74 Å². The standard InChI is InChI=1S/C14H25BrO/c1-12-6-2-3-7-13(12)16-11-14(10-15)8-4-5-9-14/h12-13H,2-11H2,1H3. The van der Waals surface area contributed by atoms with Crippen molar-refractivity contribution in [1.82, 2.24) is 0 Å². The normalized spacial score (nSPS) is 34.1. The molecule has 0 amide bonds. The molecule has 0 heterocycles. The Morgan fingerprint density at radius 2 is 1.81 bits per heavy atom. The Labute approximate surface area is 108 Å². The molecule has 0 bridgehead atoms. The van der Waals surface area contributed by atoms with E-state index in [9.17, 15) is 0 Å². The van der Waals surface area contributed by atoms with Gasteiger partial charge in [-0.25, -0.2) is 0 Å². The van der Waals surface area contributed by atoms with Gasteiger partial charge in [-0.1, -0.05) is 48.5 Å². The molecule has 2 aliphatic rings. The van der Waals surface area contributed by atoms with Gasteiger partial charge in [-0.2, -0.15) is 0 Å². The van der Waals surface area contributed by atoms with Crippen LogP contribution < -0.4 is 0 Å². The van der Waals surface area contributed by atoms with Gasteiger partial charge in [-0.05, 0) is 31.6 Å². The first-order valence-electron chi connectivity index (χ1n) is 6.93. The highest BCUT2D eigenvalue weighted by Gasteiger charge is 2.34. The molecule has 0 N–H and O–H groups in total. The van der Waals surface area contributed by atoms with Crippen LogP contribution in [0.5, 0.6) is 0 Å². The first-order valence-corrected chi connectivity index (χ1v) is 8.05. The summed E-state index contributed by atoms with van der Waals surface area (Å²) in [6, 6.07) is 0. The Morgan fingerprint density at radius 1 is 1.12 bits per heavy atom. The van der Waals surface area contributed by atoms with E-state index in [0.29, 0.717) is 11.5 Å². The summed E-state index contributed by atoms with van der Waals surface area (Å²) in [5, 5.41) is 1.13. The zero-order valence-electron chi connectivity index (χ0n) is 10.5. The molecular formula is C14H25BrO. The lowest BCUT2D eigenvalue weighted by Gasteiger charge is -2.33. The third kappa shape index (κ3) is 3.01. The molecule has 0 radical (unpaired) electrons. The van der Waals surface area contributed by atoms with Crippen molar-refractivity contribution in [1.29, 1.82) is 0 Å². The summed E-state index contributed by atoms with van der Waals surface area (Å²) < 4.78 is 6.24. The zero-order valence-corrected chi connectivity index (χ0v) is 12.1. The van der Waals surface area contributed by atoms with Crippen molar-refractivity contribution in [3.8, 4) is 0 Å². The van der Waals surface area contributed by atoms with E-state index in [1.54, 1.807) is 0 Å². The third-order valence-electron chi connectivity index (χ3n) is 4.58. The number of hydrogen-bond acceptors (Lipinski definition) is 1. The quantitative estimate of drug-likeness (QED) is 0.690. The van der Waals surface area contributed by atoms with Gasteiger partial charge in [-0.3, -0.25) is 0 Å². The van der Waals surface area contributed by atoms with E-state index in [0.717, 1.165) is 17.9 Å². The lowest BCUT2D eigenvalue weighted by atomic mass is 9.86. The highest BCUT2D eigenvalue weighted by Crippen LogP contribution is 2.40. The second-order valence-corrected chi connectivity index (χ2v) is 6.51. The van der Waals surface area contributed by atoms with Crippen LogP contribution in [0, 0.1) is 11.3 Å². The van der Waals surface area contributed by atoms with Crippen LogP contribution in [0.3, 0.4) is 0 Å². The second kappa shape index (κ2) is 5.86. The van der Waals surface area contributed by atoms with Crippen molar-refractivity contribution >= 4 is 15.9 Å². The Bertz CT molecular complexity index is 211. The molecule has 2 rings (SSSR count). The molecule has 2 heteroatoms. The van der Waals surface area contributed by atoms with Gasteiger partial charge in [0.25, 0.3) is 0 Å². The van der Waals surface area contributed by atoms with Gasteiger partial charge >= 0.3 is 0 Å². The Morgan fingerprint density at radius 3 is 2.44 bits per heavy atom. The number of alkyl halides is 1. The zero-order chi connectivity index (χ0) is 11.4. The molecule has 2 saturated carbocycles. The second-order valence-electron chi connectivity index (χ2n) is 5.95. The van der Waals surface area contributed by atoms with E-state index < -0.39 is 0 Å². The number of halogens is 1. The molecule has 2 unspecified atom stereocenters. The SMILES string of the molecule is CC1CCCCC1OCC1(CBr)CCCC1. The largest absolute Gasteiger partial charge is 0.377 e. The fraction of sp³-hybridized carbons (Fsp3) is 1.00. The fourth-order valence-electron chi connectivity index (χ4n) is 3.26. The average molecular weight is 289 g/mol. The maximum Gasteiger partial charge on any atom is 0.0600 e. The Hall–Kier alpha value is 0.440. The topological polar surface area (TPSA) is 9.23 Å². The molecule has 0 aromatic carbocycles. The summed E-state index contributed by atoms with van der Waals surface area (Å²) in [5.41, 5.74) is 0.469. The highest BCUT2D eigenvalue weighted by molar-refractivity contribution is 9.09. The molecule has 0 aromatic heterocycles. The number of ether oxygens (including phenoxy) is 1. The first kappa shape index (κ1) is 12.9. The molecule has 0 aliphatic heterocycles. The van der Waals surface area contributed by atoms with E-state index in [2.05, 4.69) is 22.9 Å². The van der Waals surface area contributed by atoms with Crippen LogP contribution in [0.2, 0.25) is 0 Å². The summed E-state index contributed by atoms with van der Waals surface area (Å²) >= 11 is 3.69. The first-order chi connectivity index (χ1) is 7.76. The van der Waals surface area contributed by atoms with Crippen molar-refractivity contribution in [3.63, 3.8) is 0 Å². The molecule has 0 spiro atoms. The van der Waals surface area contributed by atoms with Gasteiger partial charge in [0.2, 0.25) is 0 Å². The maximum atomic E-state index is 6.24. The van der Waals surface area contributed by atoms with Gasteiger partial charge < -0.3 is 4.74 Å². The predicted molar refractivity (Wildman–Crippen MR) is 72.1 cm³/mol. The van der Waals surface area contributed by atoms with E-state index in [4.69, 9.17) is 4.74 Å². The Kier molecular flexibility index (Phi) is 4.72. The minimum absolute atomic E-state index is 0.469. The summed E-state index contributed by atoms with van der Waals surface area (Å²) in [4.78, 5) is 0. The van der Waals surface area contributed by atoms with E-state index in [-0.39, 0.29) is 0 Å².